The van der Waals surface area contributed by atoms with E-state index < -0.39 is 0 Å². The Labute approximate surface area is 44.4 Å². The quantitative estimate of drug-likeness (QED) is 0.401. The van der Waals surface area contributed by atoms with Gasteiger partial charge in [0.1, 0.15) is 0 Å². The zero-order valence-corrected chi connectivity index (χ0v) is 3.83. The van der Waals surface area contributed by atoms with Crippen molar-refractivity contribution in [1.29, 1.82) is 0 Å². The maximum atomic E-state index is 9.50. The molecule has 1 aromatic rings. The van der Waals surface area contributed by atoms with Gasteiger partial charge in [-0.25, -0.2) is 4.79 Å². The van der Waals surface area contributed by atoms with Gasteiger partial charge in [-0.15, -0.1) is 10.1 Å². The highest BCUT2D eigenvalue weighted by Gasteiger charge is 1.85. The average Bonchev–Trinajstić information content (AvgIpc) is 2.19. The van der Waals surface area contributed by atoms with E-state index in [4.69, 9.17) is 0 Å². The first-order chi connectivity index (χ1) is 3.93. The maximum absolute atomic E-state index is 9.50. The van der Waals surface area contributed by atoms with E-state index in [9.17, 15) is 4.79 Å². The summed E-state index contributed by atoms with van der Waals surface area (Å²) in [7, 11) is 0. The number of hydrogen-bond acceptors (Lipinski definition) is 4. The van der Waals surface area contributed by atoms with Crippen molar-refractivity contribution in [3.8, 4) is 0 Å². The number of hydrogen-bond donors (Lipinski definition) is 1. The van der Waals surface area contributed by atoms with E-state index in [1.54, 1.807) is 0 Å². The fourth-order valence-corrected chi connectivity index (χ4v) is 0.296. The van der Waals surface area contributed by atoms with Crippen LogP contribution in [0.15, 0.2) is 11.2 Å². The second-order valence-corrected chi connectivity index (χ2v) is 1.03. The summed E-state index contributed by atoms with van der Waals surface area (Å²) < 4.78 is 0. The van der Waals surface area contributed by atoms with Gasteiger partial charge >= 0.3 is 0 Å². The third-order valence-corrected chi connectivity index (χ3v) is 0.562. The lowest BCUT2D eigenvalue weighted by Gasteiger charge is -1.65. The highest BCUT2D eigenvalue weighted by molar-refractivity contribution is 5.42. The van der Waals surface area contributed by atoms with E-state index in [0.29, 0.717) is 0 Å². The van der Waals surface area contributed by atoms with Crippen LogP contribution in [0.1, 0.15) is 0 Å². The van der Waals surface area contributed by atoms with Crippen molar-refractivity contribution < 1.29 is 4.79 Å². The number of carbonyl (C=O) groups excluding carboxylic acids is 1. The van der Waals surface area contributed by atoms with Crippen molar-refractivity contribution in [1.82, 2.24) is 15.4 Å². The van der Waals surface area contributed by atoms with Crippen LogP contribution in [0, 0.1) is 0 Å². The summed E-state index contributed by atoms with van der Waals surface area (Å²) in [4.78, 5) is 12.7. The highest BCUT2D eigenvalue weighted by Crippen LogP contribution is 1.97. The molecule has 5 heteroatoms. The molecule has 0 aliphatic heterocycles. The molecule has 0 aliphatic carbocycles. The molecule has 40 valence electrons. The third kappa shape index (κ3) is 0.772. The molecule has 0 amide bonds. The van der Waals surface area contributed by atoms with E-state index in [-0.39, 0.29) is 5.82 Å². The molecule has 1 N–H and O–H groups in total. The van der Waals surface area contributed by atoms with Crippen molar-refractivity contribution in [3.05, 3.63) is 6.20 Å². The second kappa shape index (κ2) is 1.99. The topological polar surface area (TPSA) is 71.0 Å². The van der Waals surface area contributed by atoms with Crippen LogP contribution in [-0.4, -0.2) is 21.5 Å². The second-order valence-electron chi connectivity index (χ2n) is 1.03. The largest absolute Gasteiger partial charge is 0.242 e. The summed E-state index contributed by atoms with van der Waals surface area (Å²) in [5.41, 5.74) is 0. The monoisotopic (exact) mass is 110 g/mol. The van der Waals surface area contributed by atoms with Crippen molar-refractivity contribution >= 4 is 11.9 Å². The zero-order chi connectivity index (χ0) is 5.82. The molecule has 0 atom stereocenters. The van der Waals surface area contributed by atoms with Crippen LogP contribution in [0.5, 0.6) is 0 Å². The van der Waals surface area contributed by atoms with Gasteiger partial charge in [-0.1, -0.05) is 0 Å². The predicted octanol–water partition coefficient (Wildman–Crippen LogP) is -0.228. The third-order valence-electron chi connectivity index (χ3n) is 0.562. The number of rotatable bonds is 1. The minimum absolute atomic E-state index is 0.250. The van der Waals surface area contributed by atoms with E-state index >= 15 is 0 Å². The molecule has 0 unspecified atom stereocenters. The SMILES string of the molecule is O=C=Nc1cn[nH]n1. The van der Waals surface area contributed by atoms with Crippen LogP contribution in [0.4, 0.5) is 5.82 Å². The molecule has 1 heterocycles. The molecule has 0 saturated heterocycles. The fraction of sp³-hybridized carbons (Fsp3) is 0. The van der Waals surface area contributed by atoms with Gasteiger partial charge in [-0.2, -0.15) is 10.3 Å². The number of nitrogens with zero attached hydrogens (tertiary/aromatic N) is 3. The molecule has 0 spiro atoms. The first kappa shape index (κ1) is 4.67. The van der Waals surface area contributed by atoms with Gasteiger partial charge in [0.15, 0.2) is 0 Å². The molecule has 0 radical (unpaired) electrons. The van der Waals surface area contributed by atoms with E-state index in [2.05, 4.69) is 20.4 Å². The number of nitrogens with one attached hydrogen (secondary N) is 1. The Kier molecular flexibility index (Phi) is 1.16. The number of H-pyrrole nitrogens is 1. The summed E-state index contributed by atoms with van der Waals surface area (Å²) in [6, 6.07) is 0. The molecule has 0 fully saturated rings. The van der Waals surface area contributed by atoms with Gasteiger partial charge in [0, 0.05) is 0 Å². The molecule has 1 rings (SSSR count). The van der Waals surface area contributed by atoms with Crippen LogP contribution in [-0.2, 0) is 4.79 Å². The van der Waals surface area contributed by atoms with E-state index in [1.165, 1.54) is 12.3 Å². The van der Waals surface area contributed by atoms with Crippen LogP contribution >= 0.6 is 0 Å². The van der Waals surface area contributed by atoms with Crippen molar-refractivity contribution in [2.45, 2.75) is 0 Å². The number of aromatic nitrogens is 3. The lowest BCUT2D eigenvalue weighted by molar-refractivity contribution is 0.565. The summed E-state index contributed by atoms with van der Waals surface area (Å²) in [6.45, 7) is 0. The maximum Gasteiger partial charge on any atom is 0.242 e. The fourth-order valence-electron chi connectivity index (χ4n) is 0.296. The van der Waals surface area contributed by atoms with E-state index in [0.717, 1.165) is 0 Å². The van der Waals surface area contributed by atoms with Crippen molar-refractivity contribution in [2.24, 2.45) is 4.99 Å². The van der Waals surface area contributed by atoms with Gasteiger partial charge in [-0.05, 0) is 0 Å². The van der Waals surface area contributed by atoms with Crippen LogP contribution < -0.4 is 0 Å². The Morgan fingerprint density at radius 1 is 1.88 bits per heavy atom. The van der Waals surface area contributed by atoms with E-state index in [1.807, 2.05) is 0 Å². The number of isocyanates is 1. The molecule has 0 saturated carbocycles. The van der Waals surface area contributed by atoms with Gasteiger partial charge in [-0.3, -0.25) is 0 Å². The number of aliphatic imine (C=N–C) groups is 1. The predicted molar refractivity (Wildman–Crippen MR) is 24.2 cm³/mol. The Bertz CT molecular complexity index is 197. The molecule has 0 aliphatic rings. The van der Waals surface area contributed by atoms with Gasteiger partial charge in [0.2, 0.25) is 11.9 Å². The lowest BCUT2D eigenvalue weighted by Crippen LogP contribution is -1.64. The summed E-state index contributed by atoms with van der Waals surface area (Å²) in [5.74, 6) is 0.250. The summed E-state index contributed by atoms with van der Waals surface area (Å²) >= 11 is 0. The van der Waals surface area contributed by atoms with Crippen LogP contribution in [0.3, 0.4) is 0 Å². The van der Waals surface area contributed by atoms with Crippen LogP contribution in [0.25, 0.3) is 0 Å². The summed E-state index contributed by atoms with van der Waals surface area (Å²) in [6.07, 6.45) is 2.65. The van der Waals surface area contributed by atoms with Gasteiger partial charge in [0.25, 0.3) is 0 Å². The minimum Gasteiger partial charge on any atom is -0.211 e. The molecular formula is C3H2N4O. The molecule has 5 nitrogen and oxygen atoms in total. The molecule has 0 bridgehead atoms. The van der Waals surface area contributed by atoms with Gasteiger partial charge < -0.3 is 0 Å². The first-order valence-corrected chi connectivity index (χ1v) is 1.87. The molecule has 0 aromatic carbocycles. The molecule has 8 heavy (non-hydrogen) atoms. The Hall–Kier alpha value is -1.48. The average molecular weight is 110 g/mol. The van der Waals surface area contributed by atoms with Gasteiger partial charge in [0.05, 0.1) is 6.20 Å². The minimum atomic E-state index is 0.250. The number of aromatic amines is 1. The first-order valence-electron chi connectivity index (χ1n) is 1.87. The normalized spacial score (nSPS) is 8.00. The van der Waals surface area contributed by atoms with Crippen LogP contribution in [0.2, 0.25) is 0 Å². The van der Waals surface area contributed by atoms with Crippen molar-refractivity contribution in [2.75, 3.05) is 0 Å². The Morgan fingerprint density at radius 3 is 3.25 bits per heavy atom. The Morgan fingerprint density at radius 2 is 2.75 bits per heavy atom. The molecular weight excluding hydrogens is 108 g/mol. The smallest absolute Gasteiger partial charge is 0.211 e. The molecule has 1 aromatic heterocycles. The summed E-state index contributed by atoms with van der Waals surface area (Å²) in [5, 5.41) is 9.11. The highest BCUT2D eigenvalue weighted by atomic mass is 16.1. The zero-order valence-electron chi connectivity index (χ0n) is 3.83. The lowest BCUT2D eigenvalue weighted by atomic mass is 10.8. The Balaban J connectivity index is 2.93. The standard InChI is InChI=1S/C3H2N4O/c8-2-4-3-1-5-7-6-3/h1H,(H,5,6,7). The van der Waals surface area contributed by atoms with Crippen molar-refractivity contribution in [3.63, 3.8) is 0 Å².